The van der Waals surface area contributed by atoms with Gasteiger partial charge in [0.05, 0.1) is 0 Å². The zero-order chi connectivity index (χ0) is 16.8. The van der Waals surface area contributed by atoms with E-state index in [0.29, 0.717) is 0 Å². The lowest BCUT2D eigenvalue weighted by Gasteiger charge is -2.18. The van der Waals surface area contributed by atoms with E-state index >= 15 is 0 Å². The summed E-state index contributed by atoms with van der Waals surface area (Å²) in [6.45, 7) is 8.69. The van der Waals surface area contributed by atoms with Crippen molar-refractivity contribution < 1.29 is 9.53 Å². The predicted octanol–water partition coefficient (Wildman–Crippen LogP) is 4.17. The van der Waals surface area contributed by atoms with Crippen LogP contribution in [0.5, 0.6) is 5.75 Å². The minimum absolute atomic E-state index is 0.0319. The first-order valence-corrected chi connectivity index (χ1v) is 9.66. The average Bonchev–Trinajstić information content (AvgIpc) is 3.01. The molecule has 0 heterocycles. The molecule has 0 spiro atoms. The number of rotatable bonds is 7. The molecule has 0 saturated heterocycles. The number of benzene rings is 1. The van der Waals surface area contributed by atoms with Crippen molar-refractivity contribution in [1.29, 1.82) is 0 Å². The highest BCUT2D eigenvalue weighted by atomic mass is 32.2. The van der Waals surface area contributed by atoms with E-state index in [9.17, 15) is 4.79 Å². The van der Waals surface area contributed by atoms with E-state index in [-0.39, 0.29) is 5.91 Å². The lowest BCUT2D eigenvalue weighted by Crippen LogP contribution is -2.37. The van der Waals surface area contributed by atoms with Gasteiger partial charge in [0, 0.05) is 17.5 Å². The Labute approximate surface area is 144 Å². The maximum Gasteiger partial charge on any atom is 0.260 e. The van der Waals surface area contributed by atoms with Crippen LogP contribution >= 0.6 is 11.8 Å². The zero-order valence-corrected chi connectivity index (χ0v) is 15.6. The maximum absolute atomic E-state index is 12.2. The summed E-state index contributed by atoms with van der Waals surface area (Å²) >= 11 is 1.99. The van der Waals surface area contributed by atoms with Crippen LogP contribution in [0.3, 0.4) is 0 Å². The van der Waals surface area contributed by atoms with E-state index < -0.39 is 6.10 Å². The predicted molar refractivity (Wildman–Crippen MR) is 98.5 cm³/mol. The van der Waals surface area contributed by atoms with Crippen molar-refractivity contribution in [3.05, 3.63) is 28.8 Å². The SMILES string of the molecule is Cc1cc(C)c(C)c(O[C@H](C)C(=O)NCCSC2CCCC2)c1. The van der Waals surface area contributed by atoms with E-state index in [1.165, 1.54) is 31.2 Å². The van der Waals surface area contributed by atoms with Gasteiger partial charge in [-0.1, -0.05) is 18.9 Å². The van der Waals surface area contributed by atoms with Gasteiger partial charge in [-0.05, 0) is 63.3 Å². The van der Waals surface area contributed by atoms with Crippen molar-refractivity contribution in [2.24, 2.45) is 0 Å². The minimum Gasteiger partial charge on any atom is -0.481 e. The number of hydrogen-bond donors (Lipinski definition) is 1. The van der Waals surface area contributed by atoms with Crippen molar-refractivity contribution in [3.8, 4) is 5.75 Å². The molecule has 1 aromatic rings. The summed E-state index contributed by atoms with van der Waals surface area (Å²) in [5.74, 6) is 1.77. The van der Waals surface area contributed by atoms with Gasteiger partial charge < -0.3 is 10.1 Å². The third kappa shape index (κ3) is 5.45. The van der Waals surface area contributed by atoms with Crippen molar-refractivity contribution in [2.45, 2.75) is 64.7 Å². The average molecular weight is 336 g/mol. The molecular formula is C19H29NO2S. The Morgan fingerprint density at radius 3 is 2.70 bits per heavy atom. The number of aryl methyl sites for hydroxylation is 2. The molecule has 0 bridgehead atoms. The van der Waals surface area contributed by atoms with Crippen molar-refractivity contribution in [3.63, 3.8) is 0 Å². The van der Waals surface area contributed by atoms with Crippen LogP contribution < -0.4 is 10.1 Å². The highest BCUT2D eigenvalue weighted by Crippen LogP contribution is 2.29. The third-order valence-electron chi connectivity index (χ3n) is 4.49. The van der Waals surface area contributed by atoms with Crippen LogP contribution in [-0.4, -0.2) is 29.6 Å². The molecule has 1 aromatic carbocycles. The van der Waals surface area contributed by atoms with Gasteiger partial charge in [-0.3, -0.25) is 4.79 Å². The number of amides is 1. The Kier molecular flexibility index (Phi) is 6.82. The van der Waals surface area contributed by atoms with Crippen LogP contribution in [-0.2, 0) is 4.79 Å². The van der Waals surface area contributed by atoms with Crippen LogP contribution in [0, 0.1) is 20.8 Å². The highest BCUT2D eigenvalue weighted by Gasteiger charge is 2.17. The van der Waals surface area contributed by atoms with Gasteiger partial charge in [0.2, 0.25) is 0 Å². The first-order valence-electron chi connectivity index (χ1n) is 8.61. The van der Waals surface area contributed by atoms with Gasteiger partial charge in [-0.15, -0.1) is 0 Å². The second-order valence-corrected chi connectivity index (χ2v) is 7.94. The fourth-order valence-electron chi connectivity index (χ4n) is 2.97. The standard InChI is InChI=1S/C19H29NO2S/c1-13-11-14(2)15(3)18(12-13)22-16(4)19(21)20-9-10-23-17-7-5-6-8-17/h11-12,16-17H,5-10H2,1-4H3,(H,20,21)/t16-/m1/s1. The first kappa shape index (κ1) is 18.2. The van der Waals surface area contributed by atoms with Crippen molar-refractivity contribution in [2.75, 3.05) is 12.3 Å². The number of carbonyl (C=O) groups is 1. The van der Waals surface area contributed by atoms with E-state index in [4.69, 9.17) is 4.74 Å². The van der Waals surface area contributed by atoms with Crippen LogP contribution in [0.2, 0.25) is 0 Å². The molecule has 0 aliphatic heterocycles. The number of hydrogen-bond acceptors (Lipinski definition) is 3. The monoisotopic (exact) mass is 335 g/mol. The number of carbonyl (C=O) groups excluding carboxylic acids is 1. The molecule has 0 unspecified atom stereocenters. The summed E-state index contributed by atoms with van der Waals surface area (Å²) in [7, 11) is 0. The zero-order valence-electron chi connectivity index (χ0n) is 14.8. The van der Waals surface area contributed by atoms with Crippen molar-refractivity contribution >= 4 is 17.7 Å². The number of thioether (sulfide) groups is 1. The molecule has 3 nitrogen and oxygen atoms in total. The van der Waals surface area contributed by atoms with Crippen LogP contribution in [0.25, 0.3) is 0 Å². The van der Waals surface area contributed by atoms with Gasteiger partial charge in [-0.25, -0.2) is 0 Å². The lowest BCUT2D eigenvalue weighted by molar-refractivity contribution is -0.127. The Balaban J connectivity index is 1.76. The van der Waals surface area contributed by atoms with E-state index in [1.807, 2.05) is 38.6 Å². The number of ether oxygens (including phenoxy) is 1. The van der Waals surface area contributed by atoms with Gasteiger partial charge in [-0.2, -0.15) is 11.8 Å². The second-order valence-electron chi connectivity index (χ2n) is 6.53. The van der Waals surface area contributed by atoms with Crippen LogP contribution in [0.15, 0.2) is 12.1 Å². The normalized spacial score (nSPS) is 16.3. The Morgan fingerprint density at radius 2 is 2.00 bits per heavy atom. The molecule has 0 radical (unpaired) electrons. The number of nitrogens with one attached hydrogen (secondary N) is 1. The molecular weight excluding hydrogens is 306 g/mol. The molecule has 1 amide bonds. The summed E-state index contributed by atoms with van der Waals surface area (Å²) in [4.78, 5) is 12.2. The van der Waals surface area contributed by atoms with Crippen molar-refractivity contribution in [1.82, 2.24) is 5.32 Å². The Hall–Kier alpha value is -1.16. The van der Waals surface area contributed by atoms with Crippen LogP contribution in [0.4, 0.5) is 0 Å². The molecule has 1 saturated carbocycles. The summed E-state index contributed by atoms with van der Waals surface area (Å²) < 4.78 is 5.88. The summed E-state index contributed by atoms with van der Waals surface area (Å²) in [6, 6.07) is 4.13. The van der Waals surface area contributed by atoms with Gasteiger partial charge in [0.1, 0.15) is 5.75 Å². The highest BCUT2D eigenvalue weighted by molar-refractivity contribution is 7.99. The fraction of sp³-hybridized carbons (Fsp3) is 0.632. The largest absolute Gasteiger partial charge is 0.481 e. The molecule has 1 aliphatic carbocycles. The van der Waals surface area contributed by atoms with E-state index in [2.05, 4.69) is 18.3 Å². The molecule has 1 aliphatic rings. The molecule has 1 N–H and O–H groups in total. The molecule has 0 aromatic heterocycles. The first-order chi connectivity index (χ1) is 11.0. The summed E-state index contributed by atoms with van der Waals surface area (Å²) in [5, 5.41) is 3.79. The Morgan fingerprint density at radius 1 is 1.30 bits per heavy atom. The van der Waals surface area contributed by atoms with Gasteiger partial charge in [0.15, 0.2) is 6.10 Å². The molecule has 128 valence electrons. The van der Waals surface area contributed by atoms with Gasteiger partial charge in [0.25, 0.3) is 5.91 Å². The summed E-state index contributed by atoms with van der Waals surface area (Å²) in [6.07, 6.45) is 4.94. The lowest BCUT2D eigenvalue weighted by atomic mass is 10.1. The Bertz CT molecular complexity index is 538. The second kappa shape index (κ2) is 8.62. The van der Waals surface area contributed by atoms with E-state index in [0.717, 1.165) is 34.4 Å². The molecule has 2 rings (SSSR count). The molecule has 23 heavy (non-hydrogen) atoms. The van der Waals surface area contributed by atoms with Crippen LogP contribution in [0.1, 0.15) is 49.3 Å². The third-order valence-corrected chi connectivity index (χ3v) is 5.88. The molecule has 1 fully saturated rings. The fourth-order valence-corrected chi connectivity index (χ4v) is 4.19. The topological polar surface area (TPSA) is 38.3 Å². The molecule has 4 heteroatoms. The quantitative estimate of drug-likeness (QED) is 0.760. The minimum atomic E-state index is -0.466. The smallest absolute Gasteiger partial charge is 0.260 e. The van der Waals surface area contributed by atoms with E-state index in [1.54, 1.807) is 0 Å². The van der Waals surface area contributed by atoms with Gasteiger partial charge >= 0.3 is 0 Å². The maximum atomic E-state index is 12.2. The molecule has 1 atom stereocenters. The summed E-state index contributed by atoms with van der Waals surface area (Å²) in [5.41, 5.74) is 3.45.